The van der Waals surface area contributed by atoms with Gasteiger partial charge in [-0.15, -0.1) is 0 Å². The summed E-state index contributed by atoms with van der Waals surface area (Å²) in [6, 6.07) is 4.42. The van der Waals surface area contributed by atoms with Crippen LogP contribution in [0.5, 0.6) is 0 Å². The molecule has 0 unspecified atom stereocenters. The molecular formula is C16H29N3. The summed E-state index contributed by atoms with van der Waals surface area (Å²) in [6.45, 7) is 6.42. The smallest absolute Gasteiger partial charge is 0.129 e. The van der Waals surface area contributed by atoms with Gasteiger partial charge < -0.3 is 10.6 Å². The number of aryl methyl sites for hydroxylation is 2. The van der Waals surface area contributed by atoms with Crippen molar-refractivity contribution in [3.63, 3.8) is 0 Å². The third-order valence-corrected chi connectivity index (χ3v) is 3.06. The van der Waals surface area contributed by atoms with Gasteiger partial charge in [0.05, 0.1) is 0 Å². The number of aromatic nitrogens is 1. The van der Waals surface area contributed by atoms with E-state index in [4.69, 9.17) is 0 Å². The molecule has 0 saturated carbocycles. The topological polar surface area (TPSA) is 37.0 Å². The maximum Gasteiger partial charge on any atom is 0.129 e. The number of hydrogen-bond acceptors (Lipinski definition) is 3. The Hall–Kier alpha value is -1.09. The minimum atomic E-state index is 1.07. The molecule has 0 aromatic carbocycles. The largest absolute Gasteiger partial charge is 0.370 e. The SMILES string of the molecule is CCC.CNCCCCc1ccc2c(n1)NCCC2. The molecule has 0 bridgehead atoms. The molecule has 1 aromatic heterocycles. The maximum atomic E-state index is 4.68. The monoisotopic (exact) mass is 263 g/mol. The molecule has 0 saturated heterocycles. The molecule has 0 radical (unpaired) electrons. The Labute approximate surface area is 118 Å². The molecule has 19 heavy (non-hydrogen) atoms. The van der Waals surface area contributed by atoms with Gasteiger partial charge in [-0.2, -0.15) is 0 Å². The third kappa shape index (κ3) is 6.06. The van der Waals surface area contributed by atoms with E-state index in [1.165, 1.54) is 43.4 Å². The van der Waals surface area contributed by atoms with Crippen molar-refractivity contribution in [2.75, 3.05) is 25.5 Å². The average Bonchev–Trinajstić information content (AvgIpc) is 2.44. The fourth-order valence-corrected chi connectivity index (χ4v) is 2.12. The third-order valence-electron chi connectivity index (χ3n) is 3.06. The van der Waals surface area contributed by atoms with Crippen molar-refractivity contribution in [1.82, 2.24) is 10.3 Å². The first-order chi connectivity index (χ1) is 9.31. The number of pyridine rings is 1. The van der Waals surface area contributed by atoms with Crippen LogP contribution >= 0.6 is 0 Å². The summed E-state index contributed by atoms with van der Waals surface area (Å²) in [7, 11) is 2.00. The van der Waals surface area contributed by atoms with Crippen LogP contribution in [0.3, 0.4) is 0 Å². The predicted molar refractivity (Wildman–Crippen MR) is 83.9 cm³/mol. The molecule has 108 valence electrons. The number of fused-ring (bicyclic) bond motifs is 1. The molecule has 2 rings (SSSR count). The highest BCUT2D eigenvalue weighted by atomic mass is 15.0. The summed E-state index contributed by atoms with van der Waals surface area (Å²) in [5, 5.41) is 6.55. The highest BCUT2D eigenvalue weighted by molar-refractivity contribution is 5.46. The number of hydrogen-bond donors (Lipinski definition) is 2. The van der Waals surface area contributed by atoms with E-state index < -0.39 is 0 Å². The molecular weight excluding hydrogens is 234 g/mol. The van der Waals surface area contributed by atoms with Gasteiger partial charge in [0, 0.05) is 12.2 Å². The molecule has 3 nitrogen and oxygen atoms in total. The van der Waals surface area contributed by atoms with Gasteiger partial charge in [0.15, 0.2) is 0 Å². The van der Waals surface area contributed by atoms with Crippen molar-refractivity contribution in [3.05, 3.63) is 23.4 Å². The lowest BCUT2D eigenvalue weighted by Gasteiger charge is -2.17. The van der Waals surface area contributed by atoms with Gasteiger partial charge in [-0.3, -0.25) is 0 Å². The zero-order valence-corrected chi connectivity index (χ0v) is 12.8. The Morgan fingerprint density at radius 3 is 2.79 bits per heavy atom. The van der Waals surface area contributed by atoms with Gasteiger partial charge in [-0.1, -0.05) is 26.3 Å². The Morgan fingerprint density at radius 1 is 1.26 bits per heavy atom. The maximum absolute atomic E-state index is 4.68. The van der Waals surface area contributed by atoms with Crippen molar-refractivity contribution < 1.29 is 0 Å². The second kappa shape index (κ2) is 9.79. The van der Waals surface area contributed by atoms with Crippen molar-refractivity contribution >= 4 is 5.82 Å². The molecule has 0 atom stereocenters. The van der Waals surface area contributed by atoms with Crippen molar-refractivity contribution in [1.29, 1.82) is 0 Å². The number of nitrogens with one attached hydrogen (secondary N) is 2. The molecule has 2 N–H and O–H groups in total. The second-order valence-corrected chi connectivity index (χ2v) is 5.11. The van der Waals surface area contributed by atoms with Crippen LogP contribution in [0, 0.1) is 0 Å². The Kier molecular flexibility index (Phi) is 8.23. The van der Waals surface area contributed by atoms with Crippen LogP contribution in [0.1, 0.15) is 50.8 Å². The minimum Gasteiger partial charge on any atom is -0.370 e. The van der Waals surface area contributed by atoms with E-state index in [2.05, 4.69) is 41.6 Å². The van der Waals surface area contributed by atoms with E-state index in [-0.39, 0.29) is 0 Å². The quantitative estimate of drug-likeness (QED) is 0.800. The van der Waals surface area contributed by atoms with Gasteiger partial charge in [0.2, 0.25) is 0 Å². The summed E-state index contributed by atoms with van der Waals surface area (Å²) >= 11 is 0. The molecule has 3 heteroatoms. The zero-order chi connectivity index (χ0) is 13.9. The van der Waals surface area contributed by atoms with E-state index in [1.54, 1.807) is 0 Å². The molecule has 0 aliphatic carbocycles. The summed E-state index contributed by atoms with van der Waals surface area (Å²) in [6.07, 6.45) is 7.19. The van der Waals surface area contributed by atoms with E-state index >= 15 is 0 Å². The minimum absolute atomic E-state index is 1.07. The molecule has 0 fully saturated rings. The van der Waals surface area contributed by atoms with Crippen molar-refractivity contribution in [3.8, 4) is 0 Å². The molecule has 1 aromatic rings. The van der Waals surface area contributed by atoms with Crippen LogP contribution in [0.2, 0.25) is 0 Å². The van der Waals surface area contributed by atoms with Crippen LogP contribution in [0.15, 0.2) is 12.1 Å². The van der Waals surface area contributed by atoms with Gasteiger partial charge in [0.25, 0.3) is 0 Å². The van der Waals surface area contributed by atoms with E-state index in [1.807, 2.05) is 7.05 Å². The first kappa shape index (κ1) is 16.0. The lowest BCUT2D eigenvalue weighted by molar-refractivity contribution is 0.670. The fraction of sp³-hybridized carbons (Fsp3) is 0.688. The summed E-state index contributed by atoms with van der Waals surface area (Å²) in [4.78, 5) is 4.68. The zero-order valence-electron chi connectivity index (χ0n) is 12.8. The average molecular weight is 263 g/mol. The van der Waals surface area contributed by atoms with Crippen LogP contribution in [-0.2, 0) is 12.8 Å². The highest BCUT2D eigenvalue weighted by Crippen LogP contribution is 2.20. The fourth-order valence-electron chi connectivity index (χ4n) is 2.12. The predicted octanol–water partition coefficient (Wildman–Crippen LogP) is 3.40. The van der Waals surface area contributed by atoms with Crippen molar-refractivity contribution in [2.24, 2.45) is 0 Å². The van der Waals surface area contributed by atoms with E-state index in [9.17, 15) is 0 Å². The Balaban J connectivity index is 0.000000550. The van der Waals surface area contributed by atoms with Gasteiger partial charge >= 0.3 is 0 Å². The van der Waals surface area contributed by atoms with Crippen LogP contribution < -0.4 is 10.6 Å². The summed E-state index contributed by atoms with van der Waals surface area (Å²) in [5.41, 5.74) is 2.61. The van der Waals surface area contributed by atoms with Crippen LogP contribution in [0.4, 0.5) is 5.82 Å². The van der Waals surface area contributed by atoms with Gasteiger partial charge in [0.1, 0.15) is 5.82 Å². The lowest BCUT2D eigenvalue weighted by Crippen LogP contribution is -2.14. The Morgan fingerprint density at radius 2 is 2.05 bits per heavy atom. The van der Waals surface area contributed by atoms with E-state index in [0.717, 1.165) is 25.3 Å². The second-order valence-electron chi connectivity index (χ2n) is 5.11. The molecule has 1 aliphatic heterocycles. The summed E-state index contributed by atoms with van der Waals surface area (Å²) < 4.78 is 0. The highest BCUT2D eigenvalue weighted by Gasteiger charge is 2.09. The molecule has 2 heterocycles. The normalized spacial score (nSPS) is 13.0. The van der Waals surface area contributed by atoms with Crippen LogP contribution in [-0.4, -0.2) is 25.1 Å². The summed E-state index contributed by atoms with van der Waals surface area (Å²) in [5.74, 6) is 1.12. The molecule has 0 amide bonds. The Bertz CT molecular complexity index is 350. The number of anilines is 1. The molecule has 0 spiro atoms. The van der Waals surface area contributed by atoms with E-state index in [0.29, 0.717) is 0 Å². The first-order valence-electron chi connectivity index (χ1n) is 7.69. The first-order valence-corrected chi connectivity index (χ1v) is 7.69. The standard InChI is InChI=1S/C13H21N3.C3H8/c1-14-9-3-2-6-12-8-7-11-5-4-10-15-13(11)16-12;1-3-2/h7-8,14H,2-6,9-10H2,1H3,(H,15,16);3H2,1-2H3. The van der Waals surface area contributed by atoms with Gasteiger partial charge in [-0.25, -0.2) is 4.98 Å². The van der Waals surface area contributed by atoms with Gasteiger partial charge in [-0.05, 0) is 57.3 Å². The lowest BCUT2D eigenvalue weighted by atomic mass is 10.1. The molecule has 1 aliphatic rings. The number of rotatable bonds is 5. The number of nitrogens with zero attached hydrogens (tertiary/aromatic N) is 1. The van der Waals surface area contributed by atoms with Crippen molar-refractivity contribution in [2.45, 2.75) is 52.4 Å². The van der Waals surface area contributed by atoms with Crippen LogP contribution in [0.25, 0.3) is 0 Å². The number of unbranched alkanes of at least 4 members (excludes halogenated alkanes) is 1.